The number of β-amino-alcohol motifs (C(OH)–C–C–N with tert-alkyl or cyclic N) is 1. The van der Waals surface area contributed by atoms with E-state index in [2.05, 4.69) is 20.6 Å². The van der Waals surface area contributed by atoms with Gasteiger partial charge in [0.25, 0.3) is 5.91 Å². The number of rotatable bonds is 5. The number of aliphatic hydroxyl groups is 1. The molecule has 0 spiro atoms. The van der Waals surface area contributed by atoms with Crippen LogP contribution in [0.1, 0.15) is 21.7 Å². The van der Waals surface area contributed by atoms with E-state index in [1.807, 2.05) is 29.3 Å². The Morgan fingerprint density at radius 3 is 3.00 bits per heavy atom. The molecule has 8 heteroatoms. The highest BCUT2D eigenvalue weighted by atomic mass is 32.1. The third kappa shape index (κ3) is 3.65. The number of thiophene rings is 1. The topological polar surface area (TPSA) is 90.4 Å². The molecule has 1 aliphatic rings. The smallest absolute Gasteiger partial charge is 0.261 e. The van der Waals surface area contributed by atoms with Crippen molar-refractivity contribution >= 4 is 28.9 Å². The SMILES string of the molecule is CNc1cc(N2CC[C@@](O)(CNC(=O)c3cc(C)cs3)C2)ncn1. The molecule has 0 aliphatic carbocycles. The maximum atomic E-state index is 12.1. The molecule has 2 aromatic rings. The summed E-state index contributed by atoms with van der Waals surface area (Å²) in [5.74, 6) is 1.36. The Balaban J connectivity index is 1.60. The van der Waals surface area contributed by atoms with Gasteiger partial charge >= 0.3 is 0 Å². The van der Waals surface area contributed by atoms with Crippen molar-refractivity contribution in [1.29, 1.82) is 0 Å². The second kappa shape index (κ2) is 6.74. The van der Waals surface area contributed by atoms with Crippen molar-refractivity contribution in [2.24, 2.45) is 0 Å². The number of carbonyl (C=O) groups excluding carboxylic acids is 1. The summed E-state index contributed by atoms with van der Waals surface area (Å²) in [6.45, 7) is 3.29. The fourth-order valence-electron chi connectivity index (χ4n) is 2.74. The van der Waals surface area contributed by atoms with Crippen molar-refractivity contribution in [2.45, 2.75) is 18.9 Å². The minimum atomic E-state index is -0.952. The lowest BCUT2D eigenvalue weighted by Gasteiger charge is -2.24. The van der Waals surface area contributed by atoms with Gasteiger partial charge in [-0.2, -0.15) is 0 Å². The molecular formula is C16H21N5O2S. The molecule has 3 N–H and O–H groups in total. The fourth-order valence-corrected chi connectivity index (χ4v) is 3.55. The number of amides is 1. The van der Waals surface area contributed by atoms with Gasteiger partial charge in [0.05, 0.1) is 4.88 Å². The van der Waals surface area contributed by atoms with Crippen molar-refractivity contribution in [1.82, 2.24) is 15.3 Å². The van der Waals surface area contributed by atoms with Crippen molar-refractivity contribution in [3.05, 3.63) is 34.3 Å². The van der Waals surface area contributed by atoms with Crippen molar-refractivity contribution in [3.63, 3.8) is 0 Å². The van der Waals surface area contributed by atoms with Gasteiger partial charge in [0.1, 0.15) is 23.6 Å². The van der Waals surface area contributed by atoms with E-state index in [-0.39, 0.29) is 12.5 Å². The van der Waals surface area contributed by atoms with Gasteiger partial charge in [-0.05, 0) is 30.4 Å². The summed E-state index contributed by atoms with van der Waals surface area (Å²) in [4.78, 5) is 23.2. The van der Waals surface area contributed by atoms with Gasteiger partial charge in [-0.3, -0.25) is 4.79 Å². The summed E-state index contributed by atoms with van der Waals surface area (Å²) in [6.07, 6.45) is 2.08. The molecular weight excluding hydrogens is 326 g/mol. The van der Waals surface area contributed by atoms with E-state index in [9.17, 15) is 9.90 Å². The molecule has 24 heavy (non-hydrogen) atoms. The van der Waals surface area contributed by atoms with E-state index in [4.69, 9.17) is 0 Å². The van der Waals surface area contributed by atoms with Crippen LogP contribution in [0.5, 0.6) is 0 Å². The maximum Gasteiger partial charge on any atom is 0.261 e. The second-order valence-electron chi connectivity index (χ2n) is 6.08. The number of nitrogens with zero attached hydrogens (tertiary/aromatic N) is 3. The summed E-state index contributed by atoms with van der Waals surface area (Å²) >= 11 is 1.41. The molecule has 1 atom stereocenters. The molecule has 1 fully saturated rings. The fraction of sp³-hybridized carbons (Fsp3) is 0.438. The second-order valence-corrected chi connectivity index (χ2v) is 6.99. The molecule has 1 saturated heterocycles. The van der Waals surface area contributed by atoms with Crippen LogP contribution in [-0.4, -0.2) is 53.3 Å². The van der Waals surface area contributed by atoms with E-state index >= 15 is 0 Å². The molecule has 128 valence electrons. The van der Waals surface area contributed by atoms with Crippen LogP contribution in [0.4, 0.5) is 11.6 Å². The van der Waals surface area contributed by atoms with Crippen LogP contribution in [0, 0.1) is 6.92 Å². The highest BCUT2D eigenvalue weighted by Gasteiger charge is 2.37. The number of nitrogens with one attached hydrogen (secondary N) is 2. The Labute approximate surface area is 144 Å². The third-order valence-electron chi connectivity index (χ3n) is 4.10. The molecule has 0 saturated carbocycles. The zero-order chi connectivity index (χ0) is 17.2. The van der Waals surface area contributed by atoms with Crippen LogP contribution in [-0.2, 0) is 0 Å². The minimum Gasteiger partial charge on any atom is -0.386 e. The zero-order valence-corrected chi connectivity index (χ0v) is 14.6. The van der Waals surface area contributed by atoms with Crippen LogP contribution in [0.2, 0.25) is 0 Å². The van der Waals surface area contributed by atoms with Crippen LogP contribution >= 0.6 is 11.3 Å². The summed E-state index contributed by atoms with van der Waals surface area (Å²) in [5.41, 5.74) is 0.118. The lowest BCUT2D eigenvalue weighted by atomic mass is 10.0. The van der Waals surface area contributed by atoms with Gasteiger partial charge in [0, 0.05) is 32.7 Å². The minimum absolute atomic E-state index is 0.139. The van der Waals surface area contributed by atoms with E-state index < -0.39 is 5.60 Å². The lowest BCUT2D eigenvalue weighted by molar-refractivity contribution is 0.0577. The maximum absolute atomic E-state index is 12.1. The average Bonchev–Trinajstić information content (AvgIpc) is 3.19. The number of hydrogen-bond donors (Lipinski definition) is 3. The van der Waals surface area contributed by atoms with Crippen LogP contribution in [0.25, 0.3) is 0 Å². The molecule has 2 aromatic heterocycles. The molecule has 7 nitrogen and oxygen atoms in total. The number of anilines is 2. The molecule has 3 heterocycles. The van der Waals surface area contributed by atoms with Crippen molar-refractivity contribution in [2.75, 3.05) is 36.9 Å². The molecule has 3 rings (SSSR count). The monoisotopic (exact) mass is 347 g/mol. The van der Waals surface area contributed by atoms with Crippen molar-refractivity contribution < 1.29 is 9.90 Å². The van der Waals surface area contributed by atoms with E-state index in [1.165, 1.54) is 17.7 Å². The highest BCUT2D eigenvalue weighted by Crippen LogP contribution is 2.26. The third-order valence-corrected chi connectivity index (χ3v) is 5.14. The molecule has 1 amide bonds. The number of aromatic nitrogens is 2. The first-order valence-electron chi connectivity index (χ1n) is 7.79. The number of aryl methyl sites for hydroxylation is 1. The average molecular weight is 347 g/mol. The predicted molar refractivity (Wildman–Crippen MR) is 94.7 cm³/mol. The molecule has 1 aliphatic heterocycles. The van der Waals surface area contributed by atoms with Gasteiger partial charge < -0.3 is 20.6 Å². The van der Waals surface area contributed by atoms with Gasteiger partial charge in [-0.25, -0.2) is 9.97 Å². The Kier molecular flexibility index (Phi) is 4.68. The number of hydrogen-bond acceptors (Lipinski definition) is 7. The first kappa shape index (κ1) is 16.7. The first-order valence-corrected chi connectivity index (χ1v) is 8.67. The molecule has 0 radical (unpaired) electrons. The largest absolute Gasteiger partial charge is 0.386 e. The van der Waals surface area contributed by atoms with Gasteiger partial charge in [-0.15, -0.1) is 11.3 Å². The van der Waals surface area contributed by atoms with E-state index in [1.54, 1.807) is 7.05 Å². The quantitative estimate of drug-likeness (QED) is 0.754. The van der Waals surface area contributed by atoms with Gasteiger partial charge in [0.2, 0.25) is 0 Å². The van der Waals surface area contributed by atoms with Gasteiger partial charge in [-0.1, -0.05) is 0 Å². The van der Waals surface area contributed by atoms with Crippen LogP contribution in [0.15, 0.2) is 23.8 Å². The molecule has 0 aromatic carbocycles. The predicted octanol–water partition coefficient (Wildman–Crippen LogP) is 1.26. The Morgan fingerprint density at radius 2 is 2.29 bits per heavy atom. The summed E-state index contributed by atoms with van der Waals surface area (Å²) in [6, 6.07) is 3.70. The summed E-state index contributed by atoms with van der Waals surface area (Å²) in [7, 11) is 1.80. The summed E-state index contributed by atoms with van der Waals surface area (Å²) < 4.78 is 0. The Hall–Kier alpha value is -2.19. The van der Waals surface area contributed by atoms with Crippen LogP contribution < -0.4 is 15.5 Å². The van der Waals surface area contributed by atoms with Crippen LogP contribution in [0.3, 0.4) is 0 Å². The van der Waals surface area contributed by atoms with Crippen molar-refractivity contribution in [3.8, 4) is 0 Å². The normalized spacial score (nSPS) is 20.2. The zero-order valence-electron chi connectivity index (χ0n) is 13.7. The number of carbonyl (C=O) groups is 1. The lowest BCUT2D eigenvalue weighted by Crippen LogP contribution is -2.45. The van der Waals surface area contributed by atoms with E-state index in [0.717, 1.165) is 17.2 Å². The summed E-state index contributed by atoms with van der Waals surface area (Å²) in [5, 5.41) is 18.5. The van der Waals surface area contributed by atoms with Gasteiger partial charge in [0.15, 0.2) is 0 Å². The first-order chi connectivity index (χ1) is 11.5. The molecule has 0 bridgehead atoms. The Morgan fingerprint density at radius 1 is 1.46 bits per heavy atom. The van der Waals surface area contributed by atoms with E-state index in [0.29, 0.717) is 24.4 Å². The highest BCUT2D eigenvalue weighted by molar-refractivity contribution is 7.12. The standard InChI is InChI=1S/C16H21N5O2S/c1-11-5-12(24-7-11)15(22)18-8-16(23)3-4-21(9-16)14-6-13(17-2)19-10-20-14/h5-7,10,23H,3-4,8-9H2,1-2H3,(H,18,22)(H,17,19,20)/t16-/m1/s1. The molecule has 0 unspecified atom stereocenters. The Bertz CT molecular complexity index is 735.